The van der Waals surface area contributed by atoms with E-state index in [1.165, 1.54) is 0 Å². The number of carbonyl (C=O) groups is 2. The van der Waals surface area contributed by atoms with Crippen LogP contribution in [0, 0.1) is 0 Å². The molecule has 0 N–H and O–H groups in total. The average Bonchev–Trinajstić information content (AvgIpc) is 2.72. The van der Waals surface area contributed by atoms with Gasteiger partial charge in [0.2, 0.25) is 5.91 Å². The zero-order chi connectivity index (χ0) is 14.0. The standard InChI is InChI=1S/C15H18ClNO2/c1-3-4-15(19)17-10(2)7-12-8-11(14(18)9-16)5-6-13(12)17/h5-6,8,10H,3-4,7,9H2,1-2H3. The van der Waals surface area contributed by atoms with Crippen LogP contribution in [0.3, 0.4) is 0 Å². The predicted octanol–water partition coefficient (Wildman–Crippen LogP) is 3.19. The van der Waals surface area contributed by atoms with Crippen molar-refractivity contribution in [1.29, 1.82) is 0 Å². The number of nitrogens with zero attached hydrogens (tertiary/aromatic N) is 1. The average molecular weight is 280 g/mol. The van der Waals surface area contributed by atoms with Crippen LogP contribution in [0.4, 0.5) is 5.69 Å². The number of alkyl halides is 1. The van der Waals surface area contributed by atoms with Crippen LogP contribution in [0.15, 0.2) is 18.2 Å². The number of carbonyl (C=O) groups excluding carboxylic acids is 2. The van der Waals surface area contributed by atoms with E-state index in [1.54, 1.807) is 6.07 Å². The number of anilines is 1. The SMILES string of the molecule is CCCC(=O)N1c2ccc(C(=O)CCl)cc2CC1C. The molecule has 0 saturated carbocycles. The summed E-state index contributed by atoms with van der Waals surface area (Å²) in [5.74, 6) is 0.0768. The number of amides is 1. The number of hydrogen-bond acceptors (Lipinski definition) is 2. The smallest absolute Gasteiger partial charge is 0.227 e. The van der Waals surface area contributed by atoms with Crippen LogP contribution in [-0.4, -0.2) is 23.6 Å². The molecule has 1 aromatic carbocycles. The van der Waals surface area contributed by atoms with Gasteiger partial charge in [-0.15, -0.1) is 11.6 Å². The lowest BCUT2D eigenvalue weighted by molar-refractivity contribution is -0.118. The lowest BCUT2D eigenvalue weighted by Crippen LogP contribution is -2.35. The summed E-state index contributed by atoms with van der Waals surface area (Å²) in [7, 11) is 0. The second-order valence-corrected chi connectivity index (χ2v) is 5.23. The van der Waals surface area contributed by atoms with Crippen LogP contribution in [0.1, 0.15) is 42.6 Å². The van der Waals surface area contributed by atoms with Crippen molar-refractivity contribution < 1.29 is 9.59 Å². The maximum absolute atomic E-state index is 12.1. The third-order valence-corrected chi connectivity index (χ3v) is 3.71. The first kappa shape index (κ1) is 14.1. The summed E-state index contributed by atoms with van der Waals surface area (Å²) in [5.41, 5.74) is 2.63. The zero-order valence-corrected chi connectivity index (χ0v) is 12.0. The van der Waals surface area contributed by atoms with E-state index >= 15 is 0 Å². The minimum atomic E-state index is -0.0737. The van der Waals surface area contributed by atoms with Gasteiger partial charge >= 0.3 is 0 Å². The lowest BCUT2D eigenvalue weighted by atomic mass is 10.0. The molecule has 0 spiro atoms. The fourth-order valence-electron chi connectivity index (χ4n) is 2.60. The molecule has 0 aromatic heterocycles. The van der Waals surface area contributed by atoms with Gasteiger partial charge in [0, 0.05) is 23.7 Å². The van der Waals surface area contributed by atoms with Crippen LogP contribution in [-0.2, 0) is 11.2 Å². The number of Topliss-reactive ketones (excluding diaryl/α,β-unsaturated/α-hetero) is 1. The van der Waals surface area contributed by atoms with Gasteiger partial charge in [0.25, 0.3) is 0 Å². The van der Waals surface area contributed by atoms with Crippen LogP contribution in [0.25, 0.3) is 0 Å². The Balaban J connectivity index is 2.32. The molecule has 0 aliphatic carbocycles. The first-order valence-corrected chi connectivity index (χ1v) is 7.16. The minimum Gasteiger partial charge on any atom is -0.309 e. The molecule has 1 aliphatic heterocycles. The Hall–Kier alpha value is -1.35. The number of hydrogen-bond donors (Lipinski definition) is 0. The van der Waals surface area contributed by atoms with Crippen molar-refractivity contribution in [3.63, 3.8) is 0 Å². The van der Waals surface area contributed by atoms with E-state index in [1.807, 2.05) is 30.9 Å². The summed E-state index contributed by atoms with van der Waals surface area (Å²) in [5, 5.41) is 0. The third-order valence-electron chi connectivity index (χ3n) is 3.47. The van der Waals surface area contributed by atoms with Crippen molar-refractivity contribution in [3.05, 3.63) is 29.3 Å². The summed E-state index contributed by atoms with van der Waals surface area (Å²) in [4.78, 5) is 25.6. The van der Waals surface area contributed by atoms with Crippen molar-refractivity contribution >= 4 is 29.0 Å². The molecule has 19 heavy (non-hydrogen) atoms. The Morgan fingerprint density at radius 1 is 1.42 bits per heavy atom. The van der Waals surface area contributed by atoms with Gasteiger partial charge in [-0.25, -0.2) is 0 Å². The molecule has 1 atom stereocenters. The number of ketones is 1. The van der Waals surface area contributed by atoms with Crippen molar-refractivity contribution in [3.8, 4) is 0 Å². The van der Waals surface area contributed by atoms with Gasteiger partial charge in [-0.05, 0) is 43.5 Å². The molecule has 0 fully saturated rings. The lowest BCUT2D eigenvalue weighted by Gasteiger charge is -2.22. The zero-order valence-electron chi connectivity index (χ0n) is 11.3. The predicted molar refractivity (Wildman–Crippen MR) is 77.1 cm³/mol. The molecule has 4 heteroatoms. The number of fused-ring (bicyclic) bond motifs is 1. The van der Waals surface area contributed by atoms with Gasteiger partial charge in [0.05, 0.1) is 5.88 Å². The fourth-order valence-corrected chi connectivity index (χ4v) is 2.75. The van der Waals surface area contributed by atoms with E-state index < -0.39 is 0 Å². The van der Waals surface area contributed by atoms with E-state index in [-0.39, 0.29) is 23.6 Å². The molecule has 3 nitrogen and oxygen atoms in total. The molecular formula is C15H18ClNO2. The molecule has 1 unspecified atom stereocenters. The molecule has 2 rings (SSSR count). The fraction of sp³-hybridized carbons (Fsp3) is 0.467. The topological polar surface area (TPSA) is 37.4 Å². The molecule has 1 aliphatic rings. The van der Waals surface area contributed by atoms with Crippen molar-refractivity contribution in [1.82, 2.24) is 0 Å². The summed E-state index contributed by atoms with van der Waals surface area (Å²) >= 11 is 5.57. The highest BCUT2D eigenvalue weighted by Gasteiger charge is 2.30. The normalized spacial score (nSPS) is 17.4. The minimum absolute atomic E-state index is 0.00712. The van der Waals surface area contributed by atoms with Gasteiger partial charge in [-0.3, -0.25) is 9.59 Å². The van der Waals surface area contributed by atoms with E-state index in [0.717, 1.165) is 24.1 Å². The van der Waals surface area contributed by atoms with Crippen LogP contribution >= 0.6 is 11.6 Å². The van der Waals surface area contributed by atoms with Crippen molar-refractivity contribution in [2.75, 3.05) is 10.8 Å². The maximum atomic E-state index is 12.1. The second-order valence-electron chi connectivity index (χ2n) is 4.97. The Kier molecular flexibility index (Phi) is 4.25. The molecule has 0 radical (unpaired) electrons. The van der Waals surface area contributed by atoms with Gasteiger partial charge in [0.1, 0.15) is 0 Å². The van der Waals surface area contributed by atoms with E-state index in [0.29, 0.717) is 12.0 Å². The highest BCUT2D eigenvalue weighted by atomic mass is 35.5. The third kappa shape index (κ3) is 2.66. The van der Waals surface area contributed by atoms with E-state index in [9.17, 15) is 9.59 Å². The van der Waals surface area contributed by atoms with Gasteiger partial charge in [0.15, 0.2) is 5.78 Å². The number of rotatable bonds is 4. The Morgan fingerprint density at radius 3 is 2.79 bits per heavy atom. The highest BCUT2D eigenvalue weighted by Crippen LogP contribution is 2.33. The van der Waals surface area contributed by atoms with Gasteiger partial charge in [-0.1, -0.05) is 6.92 Å². The molecule has 0 saturated heterocycles. The van der Waals surface area contributed by atoms with Crippen LogP contribution in [0.5, 0.6) is 0 Å². The quantitative estimate of drug-likeness (QED) is 0.627. The summed E-state index contributed by atoms with van der Waals surface area (Å²) in [6, 6.07) is 5.66. The van der Waals surface area contributed by atoms with E-state index in [4.69, 9.17) is 11.6 Å². The summed E-state index contributed by atoms with van der Waals surface area (Å²) in [6.07, 6.45) is 2.21. The molecule has 0 bridgehead atoms. The molecule has 1 aromatic rings. The van der Waals surface area contributed by atoms with Crippen molar-refractivity contribution in [2.24, 2.45) is 0 Å². The molecular weight excluding hydrogens is 262 g/mol. The van der Waals surface area contributed by atoms with Crippen LogP contribution in [0.2, 0.25) is 0 Å². The Bertz CT molecular complexity index is 513. The highest BCUT2D eigenvalue weighted by molar-refractivity contribution is 6.30. The monoisotopic (exact) mass is 279 g/mol. The summed E-state index contributed by atoms with van der Waals surface area (Å²) in [6.45, 7) is 4.04. The van der Waals surface area contributed by atoms with E-state index in [2.05, 4.69) is 0 Å². The largest absolute Gasteiger partial charge is 0.309 e. The van der Waals surface area contributed by atoms with Crippen molar-refractivity contribution in [2.45, 2.75) is 39.2 Å². The van der Waals surface area contributed by atoms with Crippen LogP contribution < -0.4 is 4.90 Å². The molecule has 102 valence electrons. The first-order chi connectivity index (χ1) is 9.08. The van der Waals surface area contributed by atoms with Gasteiger partial charge in [-0.2, -0.15) is 0 Å². The second kappa shape index (κ2) is 5.74. The number of benzene rings is 1. The Morgan fingerprint density at radius 2 is 2.16 bits per heavy atom. The Labute approximate surface area is 118 Å². The van der Waals surface area contributed by atoms with Gasteiger partial charge < -0.3 is 4.90 Å². The molecule has 1 heterocycles. The maximum Gasteiger partial charge on any atom is 0.227 e. The first-order valence-electron chi connectivity index (χ1n) is 6.62. The number of halogens is 1. The molecule has 1 amide bonds. The summed E-state index contributed by atoms with van der Waals surface area (Å²) < 4.78 is 0.